The fraction of sp³-hybridized carbons (Fsp3) is 0.467. The molecule has 2 aromatic heterocycles. The number of benzene rings is 2. The molecule has 0 bridgehead atoms. The Labute approximate surface area is 238 Å². The van der Waals surface area contributed by atoms with Gasteiger partial charge in [0, 0.05) is 30.1 Å². The quantitative estimate of drug-likeness (QED) is 0.307. The van der Waals surface area contributed by atoms with E-state index in [1.165, 1.54) is 19.3 Å². The van der Waals surface area contributed by atoms with E-state index in [1.807, 2.05) is 41.1 Å². The van der Waals surface area contributed by atoms with Crippen molar-refractivity contribution in [1.82, 2.24) is 30.1 Å². The van der Waals surface area contributed by atoms with Gasteiger partial charge in [-0.25, -0.2) is 4.68 Å². The molecule has 4 aromatic rings. The fourth-order valence-corrected chi connectivity index (χ4v) is 5.81. The molecule has 216 valence electrons. The lowest BCUT2D eigenvalue weighted by Crippen LogP contribution is -2.30. The summed E-state index contributed by atoms with van der Waals surface area (Å²) in [7, 11) is 3.27. The molecule has 1 fully saturated rings. The Morgan fingerprint density at radius 2 is 1.76 bits per heavy atom. The number of aromatic amines is 1. The van der Waals surface area contributed by atoms with Crippen molar-refractivity contribution in [3.8, 4) is 23.0 Å². The van der Waals surface area contributed by atoms with Crippen molar-refractivity contribution in [2.24, 2.45) is 0 Å². The summed E-state index contributed by atoms with van der Waals surface area (Å²) in [5.74, 6) is 3.55. The first-order valence-corrected chi connectivity index (χ1v) is 14.3. The molecule has 1 saturated carbocycles. The van der Waals surface area contributed by atoms with E-state index < -0.39 is 0 Å². The molecule has 2 aliphatic rings. The largest absolute Gasteiger partial charge is 0.493 e. The number of fused-ring (bicyclic) bond motifs is 2. The van der Waals surface area contributed by atoms with E-state index in [4.69, 9.17) is 18.9 Å². The van der Waals surface area contributed by atoms with Crippen LogP contribution >= 0.6 is 0 Å². The van der Waals surface area contributed by atoms with Gasteiger partial charge in [-0.3, -0.25) is 9.69 Å². The van der Waals surface area contributed by atoms with Gasteiger partial charge in [-0.1, -0.05) is 25.3 Å². The zero-order valence-electron chi connectivity index (χ0n) is 23.6. The summed E-state index contributed by atoms with van der Waals surface area (Å²) in [6, 6.07) is 12.0. The Kier molecular flexibility index (Phi) is 8.04. The topological polar surface area (TPSA) is 117 Å². The van der Waals surface area contributed by atoms with Gasteiger partial charge in [-0.05, 0) is 59.5 Å². The van der Waals surface area contributed by atoms with Crippen molar-refractivity contribution in [2.75, 3.05) is 34.0 Å². The molecule has 0 radical (unpaired) electrons. The number of ether oxygens (including phenoxy) is 4. The van der Waals surface area contributed by atoms with Gasteiger partial charge in [0.15, 0.2) is 28.8 Å². The van der Waals surface area contributed by atoms with Gasteiger partial charge in [0.05, 0.1) is 32.3 Å². The minimum atomic E-state index is -0.128. The lowest BCUT2D eigenvalue weighted by atomic mass is 9.95. The van der Waals surface area contributed by atoms with Crippen LogP contribution in [0.15, 0.2) is 41.2 Å². The number of hydrogen-bond donors (Lipinski definition) is 1. The molecule has 0 amide bonds. The van der Waals surface area contributed by atoms with Gasteiger partial charge in [0.2, 0.25) is 0 Å². The van der Waals surface area contributed by atoms with Crippen LogP contribution < -0.4 is 24.5 Å². The fourth-order valence-electron chi connectivity index (χ4n) is 5.81. The number of aromatic nitrogens is 5. The van der Waals surface area contributed by atoms with Gasteiger partial charge in [0.25, 0.3) is 5.56 Å². The van der Waals surface area contributed by atoms with Crippen LogP contribution in [-0.2, 0) is 19.5 Å². The Bertz CT molecular complexity index is 1560. The molecule has 11 nitrogen and oxygen atoms in total. The minimum Gasteiger partial charge on any atom is -0.493 e. The second-order valence-corrected chi connectivity index (χ2v) is 10.7. The number of nitrogens with zero attached hydrogens (tertiary/aromatic N) is 5. The predicted molar refractivity (Wildman–Crippen MR) is 153 cm³/mol. The molecule has 1 aliphatic carbocycles. The highest BCUT2D eigenvalue weighted by Gasteiger charge is 2.22. The van der Waals surface area contributed by atoms with E-state index in [2.05, 4.69) is 25.4 Å². The summed E-state index contributed by atoms with van der Waals surface area (Å²) in [5, 5.41) is 13.7. The maximum absolute atomic E-state index is 13.3. The van der Waals surface area contributed by atoms with Gasteiger partial charge in [-0.15, -0.1) is 5.10 Å². The molecule has 0 spiro atoms. The first kappa shape index (κ1) is 27.1. The van der Waals surface area contributed by atoms with Crippen molar-refractivity contribution in [2.45, 2.75) is 57.7 Å². The summed E-state index contributed by atoms with van der Waals surface area (Å²) < 4.78 is 24.4. The highest BCUT2D eigenvalue weighted by atomic mass is 16.6. The zero-order valence-corrected chi connectivity index (χ0v) is 23.6. The molecule has 0 saturated heterocycles. The van der Waals surface area contributed by atoms with E-state index in [9.17, 15) is 4.79 Å². The Balaban J connectivity index is 1.28. The third-order valence-corrected chi connectivity index (χ3v) is 7.99. The molecular formula is C30H36N6O5. The zero-order chi connectivity index (χ0) is 28.2. The summed E-state index contributed by atoms with van der Waals surface area (Å²) in [5.41, 5.74) is 2.37. The predicted octanol–water partition coefficient (Wildman–Crippen LogP) is 4.05. The van der Waals surface area contributed by atoms with E-state index in [0.717, 1.165) is 41.6 Å². The molecule has 2 aromatic carbocycles. The minimum absolute atomic E-state index is 0.128. The highest BCUT2D eigenvalue weighted by molar-refractivity contribution is 5.83. The van der Waals surface area contributed by atoms with Crippen molar-refractivity contribution in [3.63, 3.8) is 0 Å². The van der Waals surface area contributed by atoms with Crippen LogP contribution in [-0.4, -0.2) is 64.1 Å². The number of pyridine rings is 1. The van der Waals surface area contributed by atoms with Crippen LogP contribution in [0.25, 0.3) is 10.9 Å². The van der Waals surface area contributed by atoms with E-state index in [-0.39, 0.29) is 5.56 Å². The van der Waals surface area contributed by atoms with Gasteiger partial charge < -0.3 is 23.9 Å². The standard InChI is InChI=1S/C30H36N6O5/c1-38-25-9-8-20(14-26(25)39-2)10-11-35(19-29-32-33-34-36(29)23-6-4-3-5-7-23)18-22-15-21-16-27-28(41-13-12-40-27)17-24(21)31-30(22)37/h8-9,14-17,23H,3-7,10-13,18-19H2,1-2H3,(H,31,37). The lowest BCUT2D eigenvalue weighted by Gasteiger charge is -2.25. The van der Waals surface area contributed by atoms with Crippen molar-refractivity contribution < 1.29 is 18.9 Å². The van der Waals surface area contributed by atoms with Gasteiger partial charge in [-0.2, -0.15) is 0 Å². The van der Waals surface area contributed by atoms with Crippen molar-refractivity contribution in [1.29, 1.82) is 0 Å². The van der Waals surface area contributed by atoms with Crippen LogP contribution in [0.3, 0.4) is 0 Å². The summed E-state index contributed by atoms with van der Waals surface area (Å²) in [6.45, 7) is 2.65. The Hall–Kier alpha value is -4.12. The van der Waals surface area contributed by atoms with Crippen LogP contribution in [0.2, 0.25) is 0 Å². The van der Waals surface area contributed by atoms with E-state index in [0.29, 0.717) is 67.5 Å². The van der Waals surface area contributed by atoms with Crippen LogP contribution in [0.4, 0.5) is 0 Å². The number of H-pyrrole nitrogens is 1. The summed E-state index contributed by atoms with van der Waals surface area (Å²) in [4.78, 5) is 18.5. The van der Waals surface area contributed by atoms with Gasteiger partial charge in [0.1, 0.15) is 13.2 Å². The number of hydrogen-bond acceptors (Lipinski definition) is 9. The average molecular weight is 561 g/mol. The molecule has 1 aliphatic heterocycles. The maximum Gasteiger partial charge on any atom is 0.252 e. The number of methoxy groups -OCH3 is 2. The Morgan fingerprint density at radius 1 is 0.976 bits per heavy atom. The molecule has 3 heterocycles. The number of tetrazole rings is 1. The molecule has 0 unspecified atom stereocenters. The summed E-state index contributed by atoms with van der Waals surface area (Å²) >= 11 is 0. The normalized spacial score (nSPS) is 15.4. The van der Waals surface area contributed by atoms with Crippen LogP contribution in [0.5, 0.6) is 23.0 Å². The second kappa shape index (κ2) is 12.2. The first-order valence-electron chi connectivity index (χ1n) is 14.3. The third-order valence-electron chi connectivity index (χ3n) is 7.99. The SMILES string of the molecule is COc1ccc(CCN(Cc2cc3cc4c(cc3[nH]c2=O)OCCO4)Cc2nnnn2C2CCCCC2)cc1OC. The average Bonchev–Trinajstić information content (AvgIpc) is 3.47. The maximum atomic E-state index is 13.3. The second-order valence-electron chi connectivity index (χ2n) is 10.7. The van der Waals surface area contributed by atoms with Crippen LogP contribution in [0.1, 0.15) is 55.1 Å². The highest BCUT2D eigenvalue weighted by Crippen LogP contribution is 2.34. The molecule has 11 heteroatoms. The molecular weight excluding hydrogens is 524 g/mol. The van der Waals surface area contributed by atoms with Crippen molar-refractivity contribution in [3.05, 3.63) is 63.7 Å². The molecule has 6 rings (SSSR count). The van der Waals surface area contributed by atoms with Gasteiger partial charge >= 0.3 is 0 Å². The third kappa shape index (κ3) is 6.00. The monoisotopic (exact) mass is 560 g/mol. The van der Waals surface area contributed by atoms with Crippen molar-refractivity contribution >= 4 is 10.9 Å². The molecule has 41 heavy (non-hydrogen) atoms. The molecule has 0 atom stereocenters. The molecule has 1 N–H and O–H groups in total. The van der Waals surface area contributed by atoms with E-state index >= 15 is 0 Å². The lowest BCUT2D eigenvalue weighted by molar-refractivity contribution is 0.172. The Morgan fingerprint density at radius 3 is 2.54 bits per heavy atom. The summed E-state index contributed by atoms with van der Waals surface area (Å²) in [6.07, 6.45) is 6.57. The number of nitrogens with one attached hydrogen (secondary N) is 1. The first-order chi connectivity index (χ1) is 20.1. The van der Waals surface area contributed by atoms with Crippen LogP contribution in [0, 0.1) is 0 Å². The number of rotatable bonds is 10. The van der Waals surface area contributed by atoms with E-state index in [1.54, 1.807) is 14.2 Å². The smallest absolute Gasteiger partial charge is 0.252 e.